The molecule has 2 amide bonds. The van der Waals surface area contributed by atoms with Crippen LogP contribution in [0.25, 0.3) is 22.1 Å². The van der Waals surface area contributed by atoms with Crippen LogP contribution in [0.2, 0.25) is 25.7 Å². The molecule has 0 bridgehead atoms. The maximum absolute atomic E-state index is 12.2. The largest absolute Gasteiger partial charge is 0.368 e. The molecule has 20 heteroatoms. The number of nitrogens with zero attached hydrogens (tertiary/aromatic N) is 13. The minimum absolute atomic E-state index is 0.181. The molecule has 2 aliphatic heterocycles. The molecule has 2 saturated heterocycles. The van der Waals surface area contributed by atoms with Gasteiger partial charge in [-0.3, -0.25) is 24.5 Å². The highest BCUT2D eigenvalue weighted by Gasteiger charge is 2.26. The van der Waals surface area contributed by atoms with Crippen molar-refractivity contribution < 1.29 is 14.3 Å². The molecule has 4 aliphatic rings. The fraction of sp³-hybridized carbons (Fsp3) is 0.542. The van der Waals surface area contributed by atoms with Crippen molar-refractivity contribution in [2.75, 3.05) is 86.7 Å². The van der Waals surface area contributed by atoms with Crippen LogP contribution in [0.3, 0.4) is 0 Å². The number of amides is 2. The number of carbonyl (C=O) groups excluding carboxylic acids is 2. The second-order valence-corrected chi connectivity index (χ2v) is 27.3. The van der Waals surface area contributed by atoms with Crippen LogP contribution in [0.15, 0.2) is 48.8 Å². The number of anilines is 6. The molecular formula is C48H64N14O3S2Si. The maximum atomic E-state index is 12.2. The van der Waals surface area contributed by atoms with Gasteiger partial charge in [0.2, 0.25) is 22.1 Å². The van der Waals surface area contributed by atoms with Gasteiger partial charge in [0.15, 0.2) is 0 Å². The molecule has 4 fully saturated rings. The highest BCUT2D eigenvalue weighted by atomic mass is 32.1. The van der Waals surface area contributed by atoms with Gasteiger partial charge in [-0.05, 0) is 68.1 Å². The van der Waals surface area contributed by atoms with Crippen molar-refractivity contribution in [2.24, 2.45) is 0 Å². The average Bonchev–Trinajstić information content (AvgIpc) is 4.19. The van der Waals surface area contributed by atoms with Crippen LogP contribution in [0.5, 0.6) is 0 Å². The lowest BCUT2D eigenvalue weighted by molar-refractivity contribution is -0.129. The number of aromatic nitrogens is 8. The predicted molar refractivity (Wildman–Crippen MR) is 275 cm³/mol. The van der Waals surface area contributed by atoms with Crippen molar-refractivity contribution in [1.82, 2.24) is 50.1 Å². The first-order chi connectivity index (χ1) is 32.9. The van der Waals surface area contributed by atoms with E-state index >= 15 is 0 Å². The fourth-order valence-corrected chi connectivity index (χ4v) is 11.8. The normalized spacial score (nSPS) is 17.8. The lowest BCUT2D eigenvalue weighted by Gasteiger charge is -2.23. The van der Waals surface area contributed by atoms with Crippen LogP contribution in [-0.2, 0) is 14.3 Å². The van der Waals surface area contributed by atoms with Crippen molar-refractivity contribution in [2.45, 2.75) is 102 Å². The van der Waals surface area contributed by atoms with Gasteiger partial charge in [0, 0.05) is 92.7 Å². The smallest absolute Gasteiger partial charge is 0.224 e. The second kappa shape index (κ2) is 21.5. The van der Waals surface area contributed by atoms with Crippen LogP contribution < -0.4 is 20.0 Å². The molecule has 0 atom stereocenters. The van der Waals surface area contributed by atoms with Gasteiger partial charge in [0.05, 0.1) is 45.8 Å². The molecule has 0 spiro atoms. The first kappa shape index (κ1) is 47.6. The number of rotatable bonds is 13. The zero-order valence-electron chi connectivity index (χ0n) is 40.1. The van der Waals surface area contributed by atoms with Crippen LogP contribution in [-0.4, -0.2) is 137 Å². The average molecular weight is 977 g/mol. The number of ether oxygens (including phenoxy) is 1. The monoisotopic (exact) mass is 976 g/mol. The van der Waals surface area contributed by atoms with E-state index in [-0.39, 0.29) is 11.8 Å². The minimum Gasteiger partial charge on any atom is -0.368 e. The van der Waals surface area contributed by atoms with E-state index in [9.17, 15) is 9.59 Å². The highest BCUT2D eigenvalue weighted by Crippen LogP contribution is 2.39. The number of hydrogen-bond acceptors (Lipinski definition) is 17. The molecule has 2 aliphatic carbocycles. The van der Waals surface area contributed by atoms with Crippen molar-refractivity contribution in [3.63, 3.8) is 0 Å². The summed E-state index contributed by atoms with van der Waals surface area (Å²) in [6.07, 6.45) is 14.7. The molecule has 0 radical (unpaired) electrons. The Balaban J connectivity index is 0.000000174. The molecule has 0 aromatic carbocycles. The summed E-state index contributed by atoms with van der Waals surface area (Å²) < 4.78 is 6.18. The molecule has 2 saturated carbocycles. The summed E-state index contributed by atoms with van der Waals surface area (Å²) in [5.41, 5.74) is 5.30. The Labute approximate surface area is 407 Å². The van der Waals surface area contributed by atoms with Gasteiger partial charge in [-0.15, -0.1) is 20.4 Å². The number of likely N-dealkylation sites (N-methyl/N-ethyl adjacent to an activating group) is 2. The zero-order chi connectivity index (χ0) is 47.2. The molecular weight excluding hydrogens is 913 g/mol. The minimum atomic E-state index is -1.19. The van der Waals surface area contributed by atoms with Gasteiger partial charge in [0.1, 0.15) is 28.4 Å². The third-order valence-corrected chi connectivity index (χ3v) is 17.3. The van der Waals surface area contributed by atoms with Crippen molar-refractivity contribution in [1.29, 1.82) is 0 Å². The van der Waals surface area contributed by atoms with Crippen molar-refractivity contribution in [3.05, 3.63) is 58.8 Å². The van der Waals surface area contributed by atoms with E-state index in [4.69, 9.17) is 14.7 Å². The molecule has 360 valence electrons. The lowest BCUT2D eigenvalue weighted by atomic mass is 10.1. The van der Waals surface area contributed by atoms with E-state index in [0.29, 0.717) is 57.6 Å². The Hall–Kier alpha value is -5.44. The van der Waals surface area contributed by atoms with E-state index in [0.717, 1.165) is 91.1 Å². The Kier molecular flexibility index (Phi) is 15.0. The number of pyridine rings is 4. The summed E-state index contributed by atoms with van der Waals surface area (Å²) >= 11 is 3.29. The van der Waals surface area contributed by atoms with Gasteiger partial charge in [0.25, 0.3) is 0 Å². The quantitative estimate of drug-likeness (QED) is 0.0660. The van der Waals surface area contributed by atoms with Crippen LogP contribution in [0.1, 0.15) is 86.1 Å². The van der Waals surface area contributed by atoms with Gasteiger partial charge >= 0.3 is 0 Å². The van der Waals surface area contributed by atoms with E-state index < -0.39 is 8.07 Å². The van der Waals surface area contributed by atoms with Crippen LogP contribution >= 0.6 is 22.7 Å². The first-order valence-corrected chi connectivity index (χ1v) is 29.6. The molecule has 6 aromatic heterocycles. The summed E-state index contributed by atoms with van der Waals surface area (Å²) in [6, 6.07) is 13.1. The Morgan fingerprint density at radius 3 is 1.84 bits per heavy atom. The first-order valence-electron chi connectivity index (χ1n) is 24.2. The van der Waals surface area contributed by atoms with Crippen molar-refractivity contribution >= 4 is 97.9 Å². The number of hydrogen-bond donors (Lipinski definition) is 1. The number of carbonyl (C=O) groups is 2. The summed E-state index contributed by atoms with van der Waals surface area (Å²) in [7, 11) is 2.53. The predicted octanol–water partition coefficient (Wildman–Crippen LogP) is 8.81. The van der Waals surface area contributed by atoms with Gasteiger partial charge in [-0.2, -0.15) is 0 Å². The fourth-order valence-electron chi connectivity index (χ4n) is 9.08. The lowest BCUT2D eigenvalue weighted by Crippen LogP contribution is -2.30. The topological polar surface area (TPSA) is 175 Å². The van der Waals surface area contributed by atoms with Crippen molar-refractivity contribution in [3.8, 4) is 0 Å². The molecule has 68 heavy (non-hydrogen) atoms. The molecule has 10 rings (SSSR count). The van der Waals surface area contributed by atoms with Gasteiger partial charge in [-0.25, -0.2) is 9.97 Å². The molecule has 1 N–H and O–H groups in total. The SMILES string of the molecule is CN1CCN(c2cnc3ccc(N(COCC[Si](C)(C)C)c4nnc(C5CCCC5)s4)nc3c2)CCC1=O.CN1CCN(c2cnc3ccc(Nc4nnc(C5CCCC5)s4)nc3c2)CCC1=O. The molecule has 6 aromatic rings. The van der Waals surface area contributed by atoms with Gasteiger partial charge < -0.3 is 29.7 Å². The summed E-state index contributed by atoms with van der Waals surface area (Å²) in [6.45, 7) is 12.6. The Morgan fingerprint density at radius 2 is 1.24 bits per heavy atom. The molecule has 8 heterocycles. The van der Waals surface area contributed by atoms with Crippen LogP contribution in [0, 0.1) is 0 Å². The number of nitrogens with one attached hydrogen (secondary N) is 1. The third kappa shape index (κ3) is 11.9. The molecule has 0 unspecified atom stereocenters. The van der Waals surface area contributed by atoms with Crippen LogP contribution in [0.4, 0.5) is 33.3 Å². The standard InChI is InChI=1S/C27H39N7O2SSi.C21H25N7OS/c1-32-13-14-33(12-11-25(32)35)21-17-23-22(28-18-21)9-10-24(29-23)34(19-36-15-16-38(2,3)4)27-31-30-26(37-27)20-7-5-6-8-20;1-27-10-11-28(9-8-19(27)29)15-12-17-16(22-13-15)6-7-18(23-17)24-21-26-25-20(30-21)14-4-2-3-5-14/h9-10,17-18,20H,5-8,11-16,19H2,1-4H3;6-7,12-14H,2-5,8-11H2,1H3,(H,23,24,26). The number of fused-ring (bicyclic) bond motifs is 2. The van der Waals surface area contributed by atoms with E-state index in [1.807, 2.05) is 61.7 Å². The van der Waals surface area contributed by atoms with E-state index in [2.05, 4.69) is 71.2 Å². The summed E-state index contributed by atoms with van der Waals surface area (Å²) in [5.74, 6) is 2.97. The summed E-state index contributed by atoms with van der Waals surface area (Å²) in [5, 5.41) is 25.0. The summed E-state index contributed by atoms with van der Waals surface area (Å²) in [4.78, 5) is 53.2. The molecule has 17 nitrogen and oxygen atoms in total. The Bertz CT molecular complexity index is 2680. The third-order valence-electron chi connectivity index (χ3n) is 13.5. The van der Waals surface area contributed by atoms with E-state index in [1.54, 1.807) is 32.5 Å². The maximum Gasteiger partial charge on any atom is 0.224 e. The Morgan fingerprint density at radius 1 is 0.676 bits per heavy atom. The highest BCUT2D eigenvalue weighted by molar-refractivity contribution is 7.15. The zero-order valence-corrected chi connectivity index (χ0v) is 42.7. The second-order valence-electron chi connectivity index (χ2n) is 19.7. The van der Waals surface area contributed by atoms with E-state index in [1.165, 1.54) is 51.4 Å². The van der Waals surface area contributed by atoms with Gasteiger partial charge in [-0.1, -0.05) is 68.0 Å².